The number of pyridine rings is 1. The average Bonchev–Trinajstić information content (AvgIpc) is 2.46. The van der Waals surface area contributed by atoms with Crippen LogP contribution < -0.4 is 5.32 Å². The van der Waals surface area contributed by atoms with Crippen molar-refractivity contribution < 1.29 is 22.8 Å². The first-order chi connectivity index (χ1) is 9.90. The number of hydrogen-bond acceptors (Lipinski definition) is 3. The summed E-state index contributed by atoms with van der Waals surface area (Å²) in [4.78, 5) is 26.2. The smallest absolute Gasteiger partial charge is 0.321 e. The van der Waals surface area contributed by atoms with Crippen molar-refractivity contribution in [1.29, 1.82) is 0 Å². The highest BCUT2D eigenvalue weighted by molar-refractivity contribution is 6.03. The summed E-state index contributed by atoms with van der Waals surface area (Å²) in [5.41, 5.74) is -0.869. The molecule has 1 aromatic carbocycles. The summed E-state index contributed by atoms with van der Waals surface area (Å²) >= 11 is 0. The van der Waals surface area contributed by atoms with Crippen LogP contribution in [0.2, 0.25) is 0 Å². The molecule has 2 aromatic rings. The van der Waals surface area contributed by atoms with Crippen molar-refractivity contribution in [1.82, 2.24) is 4.98 Å². The SMILES string of the molecule is O=Cc1cccc(C(=O)Nc2cccc(C(F)(F)F)c2)n1. The Hall–Kier alpha value is -2.70. The van der Waals surface area contributed by atoms with E-state index in [9.17, 15) is 22.8 Å². The van der Waals surface area contributed by atoms with Crippen molar-refractivity contribution in [2.45, 2.75) is 6.18 Å². The fraction of sp³-hybridized carbons (Fsp3) is 0.0714. The van der Waals surface area contributed by atoms with Crippen molar-refractivity contribution in [3.8, 4) is 0 Å². The number of amides is 1. The van der Waals surface area contributed by atoms with E-state index in [1.165, 1.54) is 30.3 Å². The van der Waals surface area contributed by atoms with E-state index < -0.39 is 17.6 Å². The first-order valence-electron chi connectivity index (χ1n) is 5.81. The third-order valence-electron chi connectivity index (χ3n) is 2.57. The summed E-state index contributed by atoms with van der Waals surface area (Å²) in [7, 11) is 0. The van der Waals surface area contributed by atoms with Crippen LogP contribution in [-0.4, -0.2) is 17.2 Å². The minimum atomic E-state index is -4.49. The zero-order valence-corrected chi connectivity index (χ0v) is 10.5. The van der Waals surface area contributed by atoms with Gasteiger partial charge in [-0.2, -0.15) is 13.2 Å². The van der Waals surface area contributed by atoms with Gasteiger partial charge in [0.1, 0.15) is 11.4 Å². The maximum absolute atomic E-state index is 12.6. The average molecular weight is 294 g/mol. The molecule has 0 radical (unpaired) electrons. The second-order valence-corrected chi connectivity index (χ2v) is 4.10. The van der Waals surface area contributed by atoms with Gasteiger partial charge in [-0.05, 0) is 30.3 Å². The number of nitrogens with zero attached hydrogens (tertiary/aromatic N) is 1. The number of halogens is 3. The molecule has 0 saturated carbocycles. The van der Waals surface area contributed by atoms with Crippen molar-refractivity contribution in [3.05, 3.63) is 59.4 Å². The van der Waals surface area contributed by atoms with Crippen LogP contribution in [0.4, 0.5) is 18.9 Å². The first-order valence-corrected chi connectivity index (χ1v) is 5.81. The van der Waals surface area contributed by atoms with Crippen molar-refractivity contribution >= 4 is 17.9 Å². The summed E-state index contributed by atoms with van der Waals surface area (Å²) in [5.74, 6) is -0.696. The number of carbonyl (C=O) groups is 2. The quantitative estimate of drug-likeness (QED) is 0.885. The monoisotopic (exact) mass is 294 g/mol. The van der Waals surface area contributed by atoms with Crippen LogP contribution in [0.5, 0.6) is 0 Å². The highest BCUT2D eigenvalue weighted by Crippen LogP contribution is 2.30. The summed E-state index contributed by atoms with van der Waals surface area (Å²) < 4.78 is 37.7. The Morgan fingerprint density at radius 2 is 1.86 bits per heavy atom. The Kier molecular flexibility index (Phi) is 4.02. The van der Waals surface area contributed by atoms with Crippen molar-refractivity contribution in [3.63, 3.8) is 0 Å². The van der Waals surface area contributed by atoms with Crippen molar-refractivity contribution in [2.24, 2.45) is 0 Å². The summed E-state index contributed by atoms with van der Waals surface area (Å²) in [6.45, 7) is 0. The molecule has 4 nitrogen and oxygen atoms in total. The molecular weight excluding hydrogens is 285 g/mol. The Morgan fingerprint density at radius 3 is 2.52 bits per heavy atom. The number of anilines is 1. The largest absolute Gasteiger partial charge is 0.416 e. The van der Waals surface area contributed by atoms with Gasteiger partial charge in [0, 0.05) is 5.69 Å². The molecule has 2 rings (SSSR count). The molecule has 0 aliphatic heterocycles. The lowest BCUT2D eigenvalue weighted by Crippen LogP contribution is -2.15. The van der Waals surface area contributed by atoms with Gasteiger partial charge in [-0.1, -0.05) is 12.1 Å². The van der Waals surface area contributed by atoms with Crippen LogP contribution >= 0.6 is 0 Å². The molecule has 7 heteroatoms. The fourth-order valence-electron chi connectivity index (χ4n) is 1.61. The number of aromatic nitrogens is 1. The molecule has 0 unspecified atom stereocenters. The number of alkyl halides is 3. The topological polar surface area (TPSA) is 59.1 Å². The number of carbonyl (C=O) groups excluding carboxylic acids is 2. The van der Waals surface area contributed by atoms with Gasteiger partial charge in [0.25, 0.3) is 5.91 Å². The molecule has 0 bridgehead atoms. The maximum atomic E-state index is 12.6. The van der Waals surface area contributed by atoms with Crippen molar-refractivity contribution in [2.75, 3.05) is 5.32 Å². The van der Waals surface area contributed by atoms with Crippen LogP contribution in [0.1, 0.15) is 26.5 Å². The molecule has 1 N–H and O–H groups in total. The summed E-state index contributed by atoms with van der Waals surface area (Å²) in [6, 6.07) is 8.47. The molecule has 108 valence electrons. The van der Waals surface area contributed by atoms with E-state index in [0.717, 1.165) is 12.1 Å². The van der Waals surface area contributed by atoms with Crippen LogP contribution in [0.25, 0.3) is 0 Å². The third kappa shape index (κ3) is 3.65. The highest BCUT2D eigenvalue weighted by atomic mass is 19.4. The van der Waals surface area contributed by atoms with Crippen LogP contribution in [0, 0.1) is 0 Å². The normalized spacial score (nSPS) is 11.0. The molecule has 1 aromatic heterocycles. The summed E-state index contributed by atoms with van der Waals surface area (Å²) in [5, 5.41) is 2.30. The van der Waals surface area contributed by atoms with Gasteiger partial charge in [0.2, 0.25) is 0 Å². The van der Waals surface area contributed by atoms with Gasteiger partial charge >= 0.3 is 6.18 Å². The lowest BCUT2D eigenvalue weighted by Gasteiger charge is -2.09. The van der Waals surface area contributed by atoms with Crippen LogP contribution in [-0.2, 0) is 6.18 Å². The van der Waals surface area contributed by atoms with Gasteiger partial charge in [0.05, 0.1) is 5.56 Å². The number of rotatable bonds is 3. The van der Waals surface area contributed by atoms with E-state index in [-0.39, 0.29) is 17.1 Å². The van der Waals surface area contributed by atoms with Gasteiger partial charge in [0.15, 0.2) is 6.29 Å². The van der Waals surface area contributed by atoms with E-state index >= 15 is 0 Å². The number of nitrogens with one attached hydrogen (secondary N) is 1. The summed E-state index contributed by atoms with van der Waals surface area (Å²) in [6.07, 6.45) is -4.02. The first kappa shape index (κ1) is 14.7. The number of aldehydes is 1. The minimum Gasteiger partial charge on any atom is -0.321 e. The standard InChI is InChI=1S/C14H9F3N2O2/c15-14(16,17)9-3-1-4-10(7-9)19-13(21)12-6-2-5-11(8-20)18-12/h1-8H,(H,19,21). The van der Waals surface area contributed by atoms with E-state index in [4.69, 9.17) is 0 Å². The maximum Gasteiger partial charge on any atom is 0.416 e. The minimum absolute atomic E-state index is 0.00636. The van der Waals surface area contributed by atoms with Gasteiger partial charge in [-0.15, -0.1) is 0 Å². The number of hydrogen-bond donors (Lipinski definition) is 1. The molecule has 0 aliphatic rings. The van der Waals surface area contributed by atoms with Crippen LogP contribution in [0.15, 0.2) is 42.5 Å². The van der Waals surface area contributed by atoms with Gasteiger partial charge in [-0.25, -0.2) is 4.98 Å². The molecule has 0 atom stereocenters. The lowest BCUT2D eigenvalue weighted by molar-refractivity contribution is -0.137. The van der Waals surface area contributed by atoms with E-state index in [0.29, 0.717) is 6.29 Å². The zero-order valence-electron chi connectivity index (χ0n) is 10.5. The Bertz CT molecular complexity index is 684. The lowest BCUT2D eigenvalue weighted by atomic mass is 10.2. The predicted molar refractivity (Wildman–Crippen MR) is 69.0 cm³/mol. The molecular formula is C14H9F3N2O2. The molecule has 1 heterocycles. The van der Waals surface area contributed by atoms with E-state index in [1.54, 1.807) is 0 Å². The van der Waals surface area contributed by atoms with E-state index in [2.05, 4.69) is 10.3 Å². The second kappa shape index (κ2) is 5.74. The Balaban J connectivity index is 2.21. The zero-order chi connectivity index (χ0) is 15.5. The van der Waals surface area contributed by atoms with Gasteiger partial charge < -0.3 is 5.32 Å². The highest BCUT2D eigenvalue weighted by Gasteiger charge is 2.30. The van der Waals surface area contributed by atoms with Crippen LogP contribution in [0.3, 0.4) is 0 Å². The Morgan fingerprint density at radius 1 is 1.14 bits per heavy atom. The predicted octanol–water partition coefficient (Wildman–Crippen LogP) is 3.17. The molecule has 0 fully saturated rings. The molecule has 0 spiro atoms. The van der Waals surface area contributed by atoms with E-state index in [1.807, 2.05) is 0 Å². The molecule has 0 aliphatic carbocycles. The third-order valence-corrected chi connectivity index (χ3v) is 2.57. The fourth-order valence-corrected chi connectivity index (χ4v) is 1.61. The molecule has 1 amide bonds. The van der Waals surface area contributed by atoms with Gasteiger partial charge in [-0.3, -0.25) is 9.59 Å². The molecule has 0 saturated heterocycles. The molecule has 21 heavy (non-hydrogen) atoms. The Labute approximate surface area is 117 Å². The number of benzene rings is 1. The second-order valence-electron chi connectivity index (χ2n) is 4.10.